The summed E-state index contributed by atoms with van der Waals surface area (Å²) in [5, 5.41) is 11.2. The SMILES string of the molecule is C[C@@H]1C[C@H](O)[C@@]2(COC(=O)c3ccc(C(F)(F)F)cc3)C(=O)CCC[C@@H]2[C@@]1(C)CCC1=CC(=O)OC1. The highest BCUT2D eigenvalue weighted by atomic mass is 19.4. The van der Waals surface area contributed by atoms with Gasteiger partial charge in [-0.1, -0.05) is 13.8 Å². The average Bonchev–Trinajstić information content (AvgIpc) is 3.25. The molecule has 1 N–H and O–H groups in total. The van der Waals surface area contributed by atoms with Crippen molar-refractivity contribution in [2.45, 2.75) is 64.7 Å². The second kappa shape index (κ2) is 9.65. The number of ether oxygens (including phenoxy) is 2. The Morgan fingerprint density at radius 3 is 2.53 bits per heavy atom. The molecule has 0 unspecified atom stereocenters. The Morgan fingerprint density at radius 1 is 1.22 bits per heavy atom. The molecule has 2 aliphatic carbocycles. The minimum atomic E-state index is -4.52. The molecule has 1 aliphatic heterocycles. The molecule has 9 heteroatoms. The van der Waals surface area contributed by atoms with E-state index in [0.29, 0.717) is 32.1 Å². The van der Waals surface area contributed by atoms with Crippen LogP contribution in [0.25, 0.3) is 0 Å². The van der Waals surface area contributed by atoms with Gasteiger partial charge in [-0.15, -0.1) is 0 Å². The van der Waals surface area contributed by atoms with Crippen LogP contribution in [0.3, 0.4) is 0 Å². The third-order valence-corrected chi connectivity index (χ3v) is 8.73. The van der Waals surface area contributed by atoms with Gasteiger partial charge in [0.2, 0.25) is 0 Å². The number of hydrogen-bond acceptors (Lipinski definition) is 6. The number of Topliss-reactive ketones (excluding diaryl/α,β-unsaturated/α-hetero) is 1. The smallest absolute Gasteiger partial charge is 0.416 e. The van der Waals surface area contributed by atoms with Gasteiger partial charge in [-0.25, -0.2) is 9.59 Å². The highest BCUT2D eigenvalue weighted by Gasteiger charge is 2.63. The van der Waals surface area contributed by atoms with E-state index in [2.05, 4.69) is 6.92 Å². The summed E-state index contributed by atoms with van der Waals surface area (Å²) in [7, 11) is 0. The number of halogens is 3. The van der Waals surface area contributed by atoms with Gasteiger partial charge in [0.05, 0.1) is 22.6 Å². The molecular weight excluding hydrogens is 477 g/mol. The van der Waals surface area contributed by atoms with Crippen LogP contribution in [0, 0.1) is 22.7 Å². The van der Waals surface area contributed by atoms with Crippen molar-refractivity contribution in [1.82, 2.24) is 0 Å². The van der Waals surface area contributed by atoms with Gasteiger partial charge in [0.25, 0.3) is 0 Å². The Hall–Kier alpha value is -2.68. The number of hydrogen-bond donors (Lipinski definition) is 1. The van der Waals surface area contributed by atoms with Crippen molar-refractivity contribution in [2.75, 3.05) is 13.2 Å². The lowest BCUT2D eigenvalue weighted by molar-refractivity contribution is -0.187. The van der Waals surface area contributed by atoms with Gasteiger partial charge in [0, 0.05) is 12.5 Å². The van der Waals surface area contributed by atoms with Gasteiger partial charge in [-0.05, 0) is 79.2 Å². The molecule has 2 fully saturated rings. The van der Waals surface area contributed by atoms with Gasteiger partial charge >= 0.3 is 18.1 Å². The fourth-order valence-corrected chi connectivity index (χ4v) is 6.39. The van der Waals surface area contributed by atoms with Crippen molar-refractivity contribution in [3.8, 4) is 0 Å². The summed E-state index contributed by atoms with van der Waals surface area (Å²) < 4.78 is 49.1. The van der Waals surface area contributed by atoms with Crippen molar-refractivity contribution >= 4 is 17.7 Å². The van der Waals surface area contributed by atoms with E-state index in [0.717, 1.165) is 29.8 Å². The quantitative estimate of drug-likeness (QED) is 0.551. The third-order valence-electron chi connectivity index (χ3n) is 8.73. The van der Waals surface area contributed by atoms with Crippen molar-refractivity contribution in [1.29, 1.82) is 0 Å². The molecular formula is C27H31F3O6. The minimum absolute atomic E-state index is 0.0570. The zero-order valence-electron chi connectivity index (χ0n) is 20.4. The molecule has 36 heavy (non-hydrogen) atoms. The lowest BCUT2D eigenvalue weighted by atomic mass is 9.45. The van der Waals surface area contributed by atoms with Crippen LogP contribution >= 0.6 is 0 Å². The fraction of sp³-hybridized carbons (Fsp3) is 0.593. The number of aliphatic hydroxyl groups is 1. The zero-order valence-corrected chi connectivity index (χ0v) is 20.4. The van der Waals surface area contributed by atoms with Crippen molar-refractivity contribution in [3.05, 3.63) is 47.0 Å². The molecule has 1 heterocycles. The van der Waals surface area contributed by atoms with E-state index in [4.69, 9.17) is 9.47 Å². The van der Waals surface area contributed by atoms with E-state index in [1.165, 1.54) is 6.08 Å². The summed E-state index contributed by atoms with van der Waals surface area (Å²) in [5.41, 5.74) is -1.70. The molecule has 0 spiro atoms. The number of rotatable bonds is 6. The van der Waals surface area contributed by atoms with Crippen LogP contribution in [0.2, 0.25) is 0 Å². The van der Waals surface area contributed by atoms with Gasteiger partial charge in [0.1, 0.15) is 19.0 Å². The second-order valence-corrected chi connectivity index (χ2v) is 10.6. The van der Waals surface area contributed by atoms with E-state index in [1.807, 2.05) is 6.92 Å². The van der Waals surface area contributed by atoms with Crippen LogP contribution < -0.4 is 0 Å². The molecule has 3 aliphatic rings. The Bertz CT molecular complexity index is 1060. The molecule has 0 bridgehead atoms. The predicted octanol–water partition coefficient (Wildman–Crippen LogP) is 4.89. The lowest BCUT2D eigenvalue weighted by Crippen LogP contribution is -2.63. The first-order valence-electron chi connectivity index (χ1n) is 12.3. The molecule has 0 amide bonds. The predicted molar refractivity (Wildman–Crippen MR) is 123 cm³/mol. The van der Waals surface area contributed by atoms with Crippen molar-refractivity contribution in [3.63, 3.8) is 0 Å². The molecule has 1 aromatic carbocycles. The molecule has 4 rings (SSSR count). The number of alkyl halides is 3. The molecule has 2 saturated carbocycles. The number of carbonyl (C=O) groups is 3. The van der Waals surface area contributed by atoms with Gasteiger partial charge in [-0.3, -0.25) is 4.79 Å². The first-order chi connectivity index (χ1) is 16.9. The highest BCUT2D eigenvalue weighted by Crippen LogP contribution is 2.60. The highest BCUT2D eigenvalue weighted by molar-refractivity contribution is 5.91. The number of cyclic esters (lactones) is 1. The minimum Gasteiger partial charge on any atom is -0.461 e. The molecule has 1 aromatic rings. The van der Waals surface area contributed by atoms with Crippen LogP contribution in [0.1, 0.15) is 68.3 Å². The number of carbonyl (C=O) groups excluding carboxylic acids is 3. The number of benzene rings is 1. The summed E-state index contributed by atoms with van der Waals surface area (Å²) >= 11 is 0. The van der Waals surface area contributed by atoms with Crippen molar-refractivity contribution < 1.29 is 42.1 Å². The maximum Gasteiger partial charge on any atom is 0.416 e. The Labute approximate surface area is 207 Å². The van der Waals surface area contributed by atoms with Crippen LogP contribution in [0.5, 0.6) is 0 Å². The number of fused-ring (bicyclic) bond motifs is 1. The van der Waals surface area contributed by atoms with E-state index < -0.39 is 29.2 Å². The average molecular weight is 509 g/mol. The summed E-state index contributed by atoms with van der Waals surface area (Å²) in [6.07, 6.45) is -0.775. The first-order valence-corrected chi connectivity index (χ1v) is 12.3. The topological polar surface area (TPSA) is 89.9 Å². The largest absolute Gasteiger partial charge is 0.461 e. The zero-order chi connectivity index (χ0) is 26.3. The Balaban J connectivity index is 1.56. The van der Waals surface area contributed by atoms with Crippen molar-refractivity contribution in [2.24, 2.45) is 22.7 Å². The normalized spacial score (nSPS) is 32.5. The summed E-state index contributed by atoms with van der Waals surface area (Å²) in [6.45, 7) is 4.07. The van der Waals surface area contributed by atoms with Crippen LogP contribution in [-0.4, -0.2) is 42.1 Å². The fourth-order valence-electron chi connectivity index (χ4n) is 6.39. The Kier molecular flexibility index (Phi) is 7.07. The third kappa shape index (κ3) is 4.69. The van der Waals surface area contributed by atoms with E-state index in [1.54, 1.807) is 0 Å². The first kappa shape index (κ1) is 26.4. The molecule has 0 radical (unpaired) electrons. The maximum atomic E-state index is 13.4. The molecule has 0 aromatic heterocycles. The summed E-state index contributed by atoms with van der Waals surface area (Å²) in [6, 6.07) is 3.71. The standard InChI is InChI=1S/C27H31F3O6/c1-16-12-22(32)26(15-36-24(34)18-6-8-19(9-7-18)27(28,29)30)20(4-3-5-21(26)31)25(16,2)11-10-17-13-23(33)35-14-17/h6-9,13,16,20,22,32H,3-5,10-12,14-15H2,1-2H3/t16-,20-,22+,25+,26-/m1/s1. The van der Waals surface area contributed by atoms with Crippen LogP contribution in [0.15, 0.2) is 35.9 Å². The molecule has 0 saturated heterocycles. The summed E-state index contributed by atoms with van der Waals surface area (Å²) in [4.78, 5) is 37.6. The number of esters is 2. The lowest BCUT2D eigenvalue weighted by Gasteiger charge is -2.59. The number of aliphatic hydroxyl groups excluding tert-OH is 1. The number of ketones is 1. The van der Waals surface area contributed by atoms with Crippen LogP contribution in [-0.2, 0) is 25.2 Å². The van der Waals surface area contributed by atoms with Gasteiger partial charge in [0.15, 0.2) is 0 Å². The molecule has 6 nitrogen and oxygen atoms in total. The summed E-state index contributed by atoms with van der Waals surface area (Å²) in [5.74, 6) is -1.54. The second-order valence-electron chi connectivity index (χ2n) is 10.6. The molecule has 5 atom stereocenters. The monoisotopic (exact) mass is 508 g/mol. The van der Waals surface area contributed by atoms with E-state index >= 15 is 0 Å². The van der Waals surface area contributed by atoms with Crippen LogP contribution in [0.4, 0.5) is 13.2 Å². The van der Waals surface area contributed by atoms with E-state index in [9.17, 15) is 32.7 Å². The Morgan fingerprint density at radius 2 is 1.92 bits per heavy atom. The van der Waals surface area contributed by atoms with Gasteiger partial charge < -0.3 is 14.6 Å². The molecule has 196 valence electrons. The van der Waals surface area contributed by atoms with E-state index in [-0.39, 0.29) is 54.2 Å². The maximum absolute atomic E-state index is 13.4. The van der Waals surface area contributed by atoms with Gasteiger partial charge in [-0.2, -0.15) is 13.2 Å².